The maximum atomic E-state index is 12.8. The lowest BCUT2D eigenvalue weighted by Crippen LogP contribution is -2.41. The van der Waals surface area contributed by atoms with Gasteiger partial charge in [-0.1, -0.05) is 23.7 Å². The van der Waals surface area contributed by atoms with Crippen molar-refractivity contribution >= 4 is 32.7 Å². The van der Waals surface area contributed by atoms with Crippen LogP contribution in [0.25, 0.3) is 11.0 Å². The molecule has 9 heteroatoms. The molecule has 0 fully saturated rings. The predicted molar refractivity (Wildman–Crippen MR) is 110 cm³/mol. The highest BCUT2D eigenvalue weighted by Crippen LogP contribution is 2.20. The van der Waals surface area contributed by atoms with Crippen molar-refractivity contribution in [2.45, 2.75) is 24.9 Å². The summed E-state index contributed by atoms with van der Waals surface area (Å²) in [6.07, 6.45) is 0. The van der Waals surface area contributed by atoms with Crippen LogP contribution < -0.4 is 11.1 Å². The first-order chi connectivity index (χ1) is 13.2. The Labute approximate surface area is 167 Å². The van der Waals surface area contributed by atoms with Crippen LogP contribution in [0.1, 0.15) is 12.5 Å². The number of halogens is 1. The number of benzene rings is 2. The zero-order valence-corrected chi connectivity index (χ0v) is 17.3. The zero-order valence-electron chi connectivity index (χ0n) is 15.7. The second kappa shape index (κ2) is 7.54. The van der Waals surface area contributed by atoms with Gasteiger partial charge in [-0.05, 0) is 42.8 Å². The fraction of sp³-hybridized carbons (Fsp3) is 0.263. The highest BCUT2D eigenvalue weighted by Gasteiger charge is 2.20. The van der Waals surface area contributed by atoms with E-state index < -0.39 is 21.1 Å². The first-order valence-electron chi connectivity index (χ1n) is 8.61. The molecule has 148 valence electrons. The summed E-state index contributed by atoms with van der Waals surface area (Å²) < 4.78 is 28.8. The fourth-order valence-electron chi connectivity index (χ4n) is 3.01. The molecule has 28 heavy (non-hydrogen) atoms. The van der Waals surface area contributed by atoms with Gasteiger partial charge in [0.1, 0.15) is 0 Å². The molecular weight excluding hydrogens is 402 g/mol. The number of fused-ring (bicyclic) bond motifs is 1. The second-order valence-electron chi connectivity index (χ2n) is 6.51. The molecule has 0 radical (unpaired) electrons. The third-order valence-electron chi connectivity index (χ3n) is 4.55. The lowest BCUT2D eigenvalue weighted by molar-refractivity contribution is 0.521. The molecule has 0 unspecified atom stereocenters. The average molecular weight is 422 g/mol. The monoisotopic (exact) mass is 421 g/mol. The summed E-state index contributed by atoms with van der Waals surface area (Å²) in [4.78, 5) is 25.4. The summed E-state index contributed by atoms with van der Waals surface area (Å²) in [7, 11) is -0.817. The van der Waals surface area contributed by atoms with Crippen LogP contribution in [-0.2, 0) is 23.1 Å². The van der Waals surface area contributed by atoms with Crippen molar-refractivity contribution in [2.75, 3.05) is 14.1 Å². The van der Waals surface area contributed by atoms with Crippen LogP contribution in [0, 0.1) is 0 Å². The Balaban J connectivity index is 2.34. The molecule has 1 aromatic heterocycles. The van der Waals surface area contributed by atoms with Crippen molar-refractivity contribution in [3.63, 3.8) is 0 Å². The predicted octanol–water partition coefficient (Wildman–Crippen LogP) is 2.14. The molecule has 0 atom stereocenters. The normalized spacial score (nSPS) is 12.0. The fourth-order valence-corrected chi connectivity index (χ4v) is 4.06. The SMILES string of the molecule is CCn1c(=O)c(=O)n(Cc2ccc(Cl)cc2)c2cc(S(=O)(=O)N(C)C)ccc21. The Hall–Kier alpha value is -2.42. The first-order valence-corrected chi connectivity index (χ1v) is 10.4. The van der Waals surface area contributed by atoms with Gasteiger partial charge in [0.05, 0.1) is 22.5 Å². The first kappa shape index (κ1) is 20.3. The summed E-state index contributed by atoms with van der Waals surface area (Å²) in [6, 6.07) is 11.3. The quantitative estimate of drug-likeness (QED) is 0.591. The largest absolute Gasteiger partial charge is 0.317 e. The average Bonchev–Trinajstić information content (AvgIpc) is 2.66. The summed E-state index contributed by atoms with van der Waals surface area (Å²) >= 11 is 5.91. The number of aromatic nitrogens is 2. The third-order valence-corrected chi connectivity index (χ3v) is 6.61. The number of hydrogen-bond acceptors (Lipinski definition) is 4. The van der Waals surface area contributed by atoms with E-state index in [0.717, 1.165) is 9.87 Å². The Morgan fingerprint density at radius 2 is 1.54 bits per heavy atom. The van der Waals surface area contributed by atoms with Crippen LogP contribution in [0.2, 0.25) is 5.02 Å². The van der Waals surface area contributed by atoms with E-state index in [9.17, 15) is 18.0 Å². The molecule has 0 aliphatic heterocycles. The van der Waals surface area contributed by atoms with Gasteiger partial charge in [-0.15, -0.1) is 0 Å². The lowest BCUT2D eigenvalue weighted by Gasteiger charge is -2.17. The summed E-state index contributed by atoms with van der Waals surface area (Å²) in [5, 5.41) is 0.557. The molecule has 3 aromatic rings. The standard InChI is InChI=1S/C19H20ClN3O4S/c1-4-22-16-10-9-15(28(26,27)21(2)3)11-17(16)23(19(25)18(22)24)12-13-5-7-14(20)8-6-13/h5-11H,4,12H2,1-3H3. The lowest BCUT2D eigenvalue weighted by atomic mass is 10.2. The van der Waals surface area contributed by atoms with E-state index >= 15 is 0 Å². The molecule has 0 N–H and O–H groups in total. The molecule has 0 amide bonds. The molecule has 1 heterocycles. The minimum absolute atomic E-state index is 0.0514. The van der Waals surface area contributed by atoms with Gasteiger partial charge in [-0.3, -0.25) is 14.2 Å². The van der Waals surface area contributed by atoms with E-state index in [1.807, 2.05) is 0 Å². The third kappa shape index (κ3) is 3.50. The maximum Gasteiger partial charge on any atom is 0.317 e. The van der Waals surface area contributed by atoms with Crippen molar-refractivity contribution in [3.8, 4) is 0 Å². The van der Waals surface area contributed by atoms with E-state index in [2.05, 4.69) is 0 Å². The number of aryl methyl sites for hydroxylation is 1. The van der Waals surface area contributed by atoms with E-state index in [0.29, 0.717) is 22.6 Å². The van der Waals surface area contributed by atoms with E-state index in [4.69, 9.17) is 11.6 Å². The number of rotatable bonds is 5. The zero-order chi connectivity index (χ0) is 20.6. The molecule has 0 saturated heterocycles. The van der Waals surface area contributed by atoms with Gasteiger partial charge in [0, 0.05) is 25.7 Å². The Bertz CT molecular complexity index is 1260. The number of nitrogens with zero attached hydrogens (tertiary/aromatic N) is 3. The van der Waals surface area contributed by atoms with Crippen LogP contribution >= 0.6 is 11.6 Å². The second-order valence-corrected chi connectivity index (χ2v) is 9.09. The van der Waals surface area contributed by atoms with E-state index in [-0.39, 0.29) is 11.4 Å². The summed E-state index contributed by atoms with van der Waals surface area (Å²) in [6.45, 7) is 2.18. The van der Waals surface area contributed by atoms with Gasteiger partial charge >= 0.3 is 11.1 Å². The minimum Gasteiger partial charge on any atom is -0.302 e. The smallest absolute Gasteiger partial charge is 0.302 e. The van der Waals surface area contributed by atoms with Crippen LogP contribution in [-0.4, -0.2) is 36.0 Å². The van der Waals surface area contributed by atoms with Crippen molar-refractivity contribution in [2.24, 2.45) is 0 Å². The molecule has 2 aromatic carbocycles. The molecule has 7 nitrogen and oxygen atoms in total. The van der Waals surface area contributed by atoms with Crippen LogP contribution in [0.5, 0.6) is 0 Å². The molecular formula is C19H20ClN3O4S. The Morgan fingerprint density at radius 3 is 2.11 bits per heavy atom. The van der Waals surface area contributed by atoms with Gasteiger partial charge in [0.25, 0.3) is 0 Å². The van der Waals surface area contributed by atoms with Crippen molar-refractivity contribution in [3.05, 3.63) is 73.8 Å². The van der Waals surface area contributed by atoms with Crippen LogP contribution in [0.3, 0.4) is 0 Å². The highest BCUT2D eigenvalue weighted by molar-refractivity contribution is 7.89. The number of sulfonamides is 1. The Kier molecular flexibility index (Phi) is 5.47. The van der Waals surface area contributed by atoms with Gasteiger partial charge in [0.15, 0.2) is 0 Å². The maximum absolute atomic E-state index is 12.8. The van der Waals surface area contributed by atoms with Gasteiger partial charge in [0.2, 0.25) is 10.0 Å². The van der Waals surface area contributed by atoms with Crippen molar-refractivity contribution in [1.29, 1.82) is 0 Å². The summed E-state index contributed by atoms with van der Waals surface area (Å²) in [5.74, 6) is 0. The molecule has 0 aliphatic carbocycles. The van der Waals surface area contributed by atoms with E-state index in [1.54, 1.807) is 37.3 Å². The van der Waals surface area contributed by atoms with Crippen molar-refractivity contribution in [1.82, 2.24) is 13.4 Å². The van der Waals surface area contributed by atoms with E-state index in [1.165, 1.54) is 35.4 Å². The summed E-state index contributed by atoms with van der Waals surface area (Å²) in [5.41, 5.74) is 0.293. The molecule has 0 aliphatic rings. The van der Waals surface area contributed by atoms with Crippen LogP contribution in [0.4, 0.5) is 0 Å². The van der Waals surface area contributed by atoms with Gasteiger partial charge in [-0.25, -0.2) is 12.7 Å². The molecule has 3 rings (SSSR count). The Morgan fingerprint density at radius 1 is 0.929 bits per heavy atom. The van der Waals surface area contributed by atoms with Gasteiger partial charge in [-0.2, -0.15) is 0 Å². The van der Waals surface area contributed by atoms with Gasteiger partial charge < -0.3 is 4.57 Å². The topological polar surface area (TPSA) is 81.4 Å². The number of hydrogen-bond donors (Lipinski definition) is 0. The highest BCUT2D eigenvalue weighted by atomic mass is 35.5. The van der Waals surface area contributed by atoms with Crippen molar-refractivity contribution < 1.29 is 8.42 Å². The molecule has 0 bridgehead atoms. The van der Waals surface area contributed by atoms with Crippen LogP contribution in [0.15, 0.2) is 56.9 Å². The molecule has 0 saturated carbocycles. The minimum atomic E-state index is -3.69. The molecule has 0 spiro atoms.